The Bertz CT molecular complexity index is 1280. The van der Waals surface area contributed by atoms with E-state index in [9.17, 15) is 19.5 Å². The molecule has 59 heavy (non-hydrogen) atoms. The van der Waals surface area contributed by atoms with Crippen molar-refractivity contribution in [3.63, 3.8) is 0 Å². The minimum Gasteiger partial charge on any atom is -0.477 e. The molecule has 0 aromatic heterocycles. The van der Waals surface area contributed by atoms with Gasteiger partial charge in [-0.3, -0.25) is 9.59 Å². The molecular formula is C51H84NO7+. The lowest BCUT2D eigenvalue weighted by Crippen LogP contribution is -2.50. The van der Waals surface area contributed by atoms with E-state index in [2.05, 4.69) is 74.6 Å². The molecule has 0 rings (SSSR count). The fraction of sp³-hybridized carbons (Fsp3) is 0.627. The number of allylic oxidation sites excluding steroid dienone is 16. The predicted molar refractivity (Wildman–Crippen MR) is 247 cm³/mol. The third kappa shape index (κ3) is 39.5. The molecule has 0 saturated heterocycles. The average molecular weight is 823 g/mol. The molecule has 0 heterocycles. The van der Waals surface area contributed by atoms with Gasteiger partial charge in [0.05, 0.1) is 34.4 Å². The molecule has 8 nitrogen and oxygen atoms in total. The largest absolute Gasteiger partial charge is 0.477 e. The van der Waals surface area contributed by atoms with Crippen LogP contribution in [0.3, 0.4) is 0 Å². The number of quaternary nitrogens is 1. The fourth-order valence-electron chi connectivity index (χ4n) is 6.09. The summed E-state index contributed by atoms with van der Waals surface area (Å²) in [6.45, 7) is 4.41. The van der Waals surface area contributed by atoms with E-state index in [4.69, 9.17) is 14.2 Å². The molecule has 0 fully saturated rings. The molecule has 0 amide bonds. The summed E-state index contributed by atoms with van der Waals surface area (Å²) in [7, 11) is 5.50. The second-order valence-corrected chi connectivity index (χ2v) is 16.0. The average Bonchev–Trinajstić information content (AvgIpc) is 3.19. The van der Waals surface area contributed by atoms with Gasteiger partial charge in [-0.05, 0) is 70.6 Å². The number of aliphatic carboxylic acids is 1. The zero-order valence-electron chi connectivity index (χ0n) is 37.9. The number of carboxylic acid groups (broad SMARTS) is 1. The van der Waals surface area contributed by atoms with Crippen molar-refractivity contribution >= 4 is 17.9 Å². The molecule has 0 aromatic carbocycles. The zero-order valence-corrected chi connectivity index (χ0v) is 37.9. The van der Waals surface area contributed by atoms with Gasteiger partial charge in [0.2, 0.25) is 0 Å². The number of rotatable bonds is 39. The van der Waals surface area contributed by atoms with Gasteiger partial charge in [0.15, 0.2) is 12.1 Å². The molecule has 2 atom stereocenters. The van der Waals surface area contributed by atoms with Gasteiger partial charge in [-0.25, -0.2) is 4.79 Å². The molecule has 0 saturated carbocycles. The summed E-state index contributed by atoms with van der Waals surface area (Å²) in [4.78, 5) is 37.0. The van der Waals surface area contributed by atoms with Gasteiger partial charge in [0.25, 0.3) is 0 Å². The predicted octanol–water partition coefficient (Wildman–Crippen LogP) is 12.7. The van der Waals surface area contributed by atoms with Crippen LogP contribution in [-0.2, 0) is 28.6 Å². The monoisotopic (exact) mass is 823 g/mol. The summed E-state index contributed by atoms with van der Waals surface area (Å²) in [6.07, 6.45) is 54.6. The number of hydrogen-bond donors (Lipinski definition) is 1. The van der Waals surface area contributed by atoms with Crippen molar-refractivity contribution in [3.8, 4) is 0 Å². The number of likely N-dealkylation sites (N-methyl/N-ethyl adjacent to an activating group) is 1. The summed E-state index contributed by atoms with van der Waals surface area (Å²) in [5.74, 6) is -1.54. The highest BCUT2D eigenvalue weighted by molar-refractivity contribution is 5.72. The molecular weight excluding hydrogens is 739 g/mol. The molecule has 0 radical (unpaired) electrons. The first-order chi connectivity index (χ1) is 28.6. The Labute approximate surface area is 360 Å². The lowest BCUT2D eigenvalue weighted by atomic mass is 10.1. The van der Waals surface area contributed by atoms with Crippen LogP contribution in [0.2, 0.25) is 0 Å². The smallest absolute Gasteiger partial charge is 0.362 e. The molecule has 2 unspecified atom stereocenters. The van der Waals surface area contributed by atoms with Crippen LogP contribution in [0, 0.1) is 0 Å². The third-order valence-electron chi connectivity index (χ3n) is 9.57. The third-order valence-corrected chi connectivity index (χ3v) is 9.57. The van der Waals surface area contributed by atoms with Crippen LogP contribution in [-0.4, -0.2) is 80.6 Å². The van der Waals surface area contributed by atoms with Crippen molar-refractivity contribution < 1.29 is 38.2 Å². The standard InChI is InChI=1S/C51H83NO7/c1-6-8-10-12-14-16-18-20-21-22-23-24-25-26-27-28-30-31-33-35-37-39-41-49(53)58-46-47(45-57-44-43-48(51(55)56)52(3,4)5)59-50(54)42-40-38-36-34-32-29-19-17-15-13-11-9-7-2/h8-11,13-17,19-21,23-24,29,32,47-48H,6-7,12,18,22,25-28,30-31,33-46H2,1-5H3/p+1/b10-8+,11-9+,15-13+,16-14+,19-17+,21-20+,24-23+,32-29+. The Balaban J connectivity index is 4.33. The van der Waals surface area contributed by atoms with Crippen LogP contribution in [0.25, 0.3) is 0 Å². The SMILES string of the molecule is CC/C=C/C=C/C=C/C=C/CCCCCC(=O)OC(COCCC(C(=O)O)[N+](C)(C)C)COC(=O)CCCCCCCCCCC/C=C/C/C=C/C/C=C/C/C=C/CC. The van der Waals surface area contributed by atoms with Gasteiger partial charge in [0.1, 0.15) is 6.61 Å². The first-order valence-corrected chi connectivity index (χ1v) is 22.8. The van der Waals surface area contributed by atoms with E-state index < -0.39 is 18.1 Å². The topological polar surface area (TPSA) is 99.1 Å². The number of carbonyl (C=O) groups is 3. The molecule has 334 valence electrons. The van der Waals surface area contributed by atoms with Crippen molar-refractivity contribution in [2.75, 3.05) is 41.0 Å². The van der Waals surface area contributed by atoms with Crippen molar-refractivity contribution in [3.05, 3.63) is 97.2 Å². The number of esters is 2. The van der Waals surface area contributed by atoms with E-state index in [-0.39, 0.29) is 42.7 Å². The Morgan fingerprint density at radius 2 is 0.983 bits per heavy atom. The first-order valence-electron chi connectivity index (χ1n) is 22.8. The van der Waals surface area contributed by atoms with Gasteiger partial charge in [-0.2, -0.15) is 0 Å². The highest BCUT2D eigenvalue weighted by atomic mass is 16.6. The number of nitrogens with zero attached hydrogens (tertiary/aromatic N) is 1. The van der Waals surface area contributed by atoms with Crippen LogP contribution >= 0.6 is 0 Å². The molecule has 0 aromatic rings. The highest BCUT2D eigenvalue weighted by Crippen LogP contribution is 2.13. The van der Waals surface area contributed by atoms with E-state index >= 15 is 0 Å². The van der Waals surface area contributed by atoms with Gasteiger partial charge < -0.3 is 23.8 Å². The van der Waals surface area contributed by atoms with Crippen molar-refractivity contribution in [1.82, 2.24) is 0 Å². The van der Waals surface area contributed by atoms with Crippen LogP contribution in [0.15, 0.2) is 97.2 Å². The summed E-state index contributed by atoms with van der Waals surface area (Å²) in [6, 6.07) is -0.628. The quantitative estimate of drug-likeness (QED) is 0.0217. The Morgan fingerprint density at radius 1 is 0.525 bits per heavy atom. The number of unbranched alkanes of at least 4 members (excludes halogenated alkanes) is 12. The summed E-state index contributed by atoms with van der Waals surface area (Å²) in [5, 5.41) is 9.62. The van der Waals surface area contributed by atoms with Crippen LogP contribution < -0.4 is 0 Å². The Kier molecular flexibility index (Phi) is 38.4. The molecule has 0 spiro atoms. The van der Waals surface area contributed by atoms with Crippen LogP contribution in [0.1, 0.15) is 155 Å². The molecule has 1 N–H and O–H groups in total. The Morgan fingerprint density at radius 3 is 1.54 bits per heavy atom. The Hall–Kier alpha value is -3.75. The second kappa shape index (κ2) is 41.0. The van der Waals surface area contributed by atoms with Gasteiger partial charge >= 0.3 is 17.9 Å². The summed E-state index contributed by atoms with van der Waals surface area (Å²) in [5.41, 5.74) is 0. The highest BCUT2D eigenvalue weighted by Gasteiger charge is 2.31. The molecule has 8 heteroatoms. The first kappa shape index (κ1) is 55.2. The minimum atomic E-state index is -0.887. The van der Waals surface area contributed by atoms with E-state index in [1.54, 1.807) is 0 Å². The van der Waals surface area contributed by atoms with Gasteiger partial charge in [-0.15, -0.1) is 0 Å². The van der Waals surface area contributed by atoms with Crippen LogP contribution in [0.5, 0.6) is 0 Å². The van der Waals surface area contributed by atoms with E-state index in [1.807, 2.05) is 57.6 Å². The number of carboxylic acids is 1. The molecule has 0 bridgehead atoms. The van der Waals surface area contributed by atoms with E-state index in [1.165, 1.54) is 38.5 Å². The molecule has 0 aliphatic heterocycles. The molecule has 0 aliphatic rings. The number of ether oxygens (including phenoxy) is 3. The van der Waals surface area contributed by atoms with E-state index in [0.29, 0.717) is 19.3 Å². The van der Waals surface area contributed by atoms with Crippen molar-refractivity contribution in [2.45, 2.75) is 167 Å². The number of carbonyl (C=O) groups excluding carboxylic acids is 2. The van der Waals surface area contributed by atoms with Crippen molar-refractivity contribution in [2.24, 2.45) is 0 Å². The summed E-state index contributed by atoms with van der Waals surface area (Å²) < 4.78 is 17.2. The summed E-state index contributed by atoms with van der Waals surface area (Å²) >= 11 is 0. The lowest BCUT2D eigenvalue weighted by molar-refractivity contribution is -0.887. The maximum atomic E-state index is 12.7. The van der Waals surface area contributed by atoms with Gasteiger partial charge in [-0.1, -0.05) is 162 Å². The van der Waals surface area contributed by atoms with Crippen molar-refractivity contribution in [1.29, 1.82) is 0 Å². The normalized spacial score (nSPS) is 13.8. The van der Waals surface area contributed by atoms with Gasteiger partial charge in [0, 0.05) is 19.3 Å². The van der Waals surface area contributed by atoms with Crippen LogP contribution in [0.4, 0.5) is 0 Å². The zero-order chi connectivity index (χ0) is 43.5. The van der Waals surface area contributed by atoms with E-state index in [0.717, 1.165) is 77.0 Å². The fourth-order valence-corrected chi connectivity index (χ4v) is 6.09. The second-order valence-electron chi connectivity index (χ2n) is 16.0. The molecule has 0 aliphatic carbocycles. The minimum absolute atomic E-state index is 0.0370. The lowest BCUT2D eigenvalue weighted by Gasteiger charge is -2.31. The number of hydrogen-bond acceptors (Lipinski definition) is 6. The maximum Gasteiger partial charge on any atom is 0.362 e. The maximum absolute atomic E-state index is 12.7.